The van der Waals surface area contributed by atoms with Gasteiger partial charge in [-0.3, -0.25) is 19.7 Å². The molecule has 0 saturated carbocycles. The van der Waals surface area contributed by atoms with Crippen LogP contribution in [0.4, 0.5) is 4.79 Å². The Hall–Kier alpha value is -2.12. The number of nitrogens with one attached hydrogen (secondary N) is 1. The highest BCUT2D eigenvalue weighted by molar-refractivity contribution is 5.94. The van der Waals surface area contributed by atoms with Gasteiger partial charge in [-0.2, -0.15) is 0 Å². The molecule has 0 fully saturated rings. The molecular formula is C12H20N2O6. The first kappa shape index (κ1) is 17.9. The van der Waals surface area contributed by atoms with Gasteiger partial charge in [-0.15, -0.1) is 0 Å². The van der Waals surface area contributed by atoms with Crippen molar-refractivity contribution in [2.75, 3.05) is 20.2 Å². The molecule has 3 amide bonds. The van der Waals surface area contributed by atoms with Gasteiger partial charge in [-0.05, 0) is 13.3 Å². The van der Waals surface area contributed by atoms with Gasteiger partial charge in [0.2, 0.25) is 5.91 Å². The lowest BCUT2D eigenvalue weighted by molar-refractivity contribution is -0.143. The largest absolute Gasteiger partial charge is 0.481 e. The molecule has 0 aliphatic heterocycles. The molecule has 0 aromatic rings. The number of carbonyl (C=O) groups excluding carboxylic acids is 3. The van der Waals surface area contributed by atoms with Crippen LogP contribution in [-0.4, -0.2) is 54.1 Å². The lowest BCUT2D eigenvalue weighted by Gasteiger charge is -2.16. The molecule has 0 atom stereocenters. The molecule has 8 heteroatoms. The number of hydrogen-bond acceptors (Lipinski definition) is 5. The second kappa shape index (κ2) is 9.76. The van der Waals surface area contributed by atoms with E-state index >= 15 is 0 Å². The quantitative estimate of drug-likeness (QED) is 0.624. The van der Waals surface area contributed by atoms with E-state index in [4.69, 9.17) is 9.84 Å². The van der Waals surface area contributed by atoms with Crippen molar-refractivity contribution in [1.29, 1.82) is 0 Å². The number of nitrogens with zero attached hydrogens (tertiary/aromatic N) is 1. The van der Waals surface area contributed by atoms with Gasteiger partial charge in [0.05, 0.1) is 13.0 Å². The number of ether oxygens (including phenoxy) is 1. The molecule has 0 aromatic heterocycles. The van der Waals surface area contributed by atoms with E-state index in [1.165, 1.54) is 11.9 Å². The molecule has 0 aliphatic carbocycles. The maximum Gasteiger partial charge on any atom is 0.323 e. The smallest absolute Gasteiger partial charge is 0.323 e. The van der Waals surface area contributed by atoms with E-state index in [2.05, 4.69) is 5.32 Å². The third-order valence-electron chi connectivity index (χ3n) is 2.34. The Balaban J connectivity index is 3.91. The number of hydrogen-bond donors (Lipinski definition) is 2. The number of carboxylic acid groups (broad SMARTS) is 1. The van der Waals surface area contributed by atoms with Crippen molar-refractivity contribution in [2.24, 2.45) is 0 Å². The molecule has 0 aromatic carbocycles. The zero-order valence-electron chi connectivity index (χ0n) is 11.7. The summed E-state index contributed by atoms with van der Waals surface area (Å²) in [5.74, 6) is -1.95. The van der Waals surface area contributed by atoms with Crippen LogP contribution in [0.1, 0.15) is 32.6 Å². The SMILES string of the molecule is CCOC(=O)CCN(C)C(=O)NC(=O)CCCC(=O)O. The number of aliphatic carboxylic acids is 1. The average molecular weight is 288 g/mol. The van der Waals surface area contributed by atoms with Crippen LogP contribution in [0.5, 0.6) is 0 Å². The Kier molecular flexibility index (Phi) is 8.73. The second-order valence-electron chi connectivity index (χ2n) is 4.08. The van der Waals surface area contributed by atoms with Gasteiger partial charge < -0.3 is 14.7 Å². The number of esters is 1. The first-order valence-corrected chi connectivity index (χ1v) is 6.29. The molecule has 0 saturated heterocycles. The fourth-order valence-corrected chi connectivity index (χ4v) is 1.27. The van der Waals surface area contributed by atoms with E-state index in [0.717, 1.165) is 0 Å². The summed E-state index contributed by atoms with van der Waals surface area (Å²) < 4.78 is 4.71. The lowest BCUT2D eigenvalue weighted by atomic mass is 10.2. The molecule has 0 unspecified atom stereocenters. The molecule has 0 spiro atoms. The van der Waals surface area contributed by atoms with Crippen LogP contribution >= 0.6 is 0 Å². The Morgan fingerprint density at radius 2 is 1.80 bits per heavy atom. The van der Waals surface area contributed by atoms with Gasteiger partial charge in [-0.1, -0.05) is 0 Å². The van der Waals surface area contributed by atoms with Crippen molar-refractivity contribution < 1.29 is 29.0 Å². The van der Waals surface area contributed by atoms with E-state index < -0.39 is 23.9 Å². The standard InChI is InChI=1S/C12H20N2O6/c1-3-20-11(18)7-8-14(2)12(19)13-9(15)5-4-6-10(16)17/h3-8H2,1-2H3,(H,16,17)(H,13,15,19). The predicted octanol–water partition coefficient (Wildman–Crippen LogP) is 0.363. The third kappa shape index (κ3) is 8.90. The summed E-state index contributed by atoms with van der Waals surface area (Å²) in [6.45, 7) is 2.09. The van der Waals surface area contributed by atoms with Gasteiger partial charge in [0, 0.05) is 26.4 Å². The van der Waals surface area contributed by atoms with E-state index in [-0.39, 0.29) is 38.8 Å². The van der Waals surface area contributed by atoms with Crippen LogP contribution in [0.3, 0.4) is 0 Å². The van der Waals surface area contributed by atoms with Crippen molar-refractivity contribution in [3.05, 3.63) is 0 Å². The minimum absolute atomic E-state index is 0.0379. The van der Waals surface area contributed by atoms with E-state index in [9.17, 15) is 19.2 Å². The Morgan fingerprint density at radius 1 is 1.15 bits per heavy atom. The Morgan fingerprint density at radius 3 is 2.35 bits per heavy atom. The molecule has 20 heavy (non-hydrogen) atoms. The van der Waals surface area contributed by atoms with Crippen LogP contribution in [0, 0.1) is 0 Å². The molecule has 0 heterocycles. The minimum Gasteiger partial charge on any atom is -0.481 e. The van der Waals surface area contributed by atoms with E-state index in [1.54, 1.807) is 6.92 Å². The molecule has 114 valence electrons. The highest BCUT2D eigenvalue weighted by Gasteiger charge is 2.14. The number of carboxylic acids is 1. The van der Waals surface area contributed by atoms with Crippen molar-refractivity contribution in [3.8, 4) is 0 Å². The van der Waals surface area contributed by atoms with Crippen LogP contribution in [-0.2, 0) is 19.1 Å². The zero-order valence-corrected chi connectivity index (χ0v) is 11.7. The summed E-state index contributed by atoms with van der Waals surface area (Å²) in [5, 5.41) is 10.5. The summed E-state index contributed by atoms with van der Waals surface area (Å²) in [5.41, 5.74) is 0. The summed E-state index contributed by atoms with van der Waals surface area (Å²) in [6, 6.07) is -0.630. The van der Waals surface area contributed by atoms with Gasteiger partial charge in [-0.25, -0.2) is 4.79 Å². The summed E-state index contributed by atoms with van der Waals surface area (Å²) in [4.78, 5) is 45.4. The molecule has 2 N–H and O–H groups in total. The molecular weight excluding hydrogens is 268 g/mol. The maximum absolute atomic E-state index is 11.5. The van der Waals surface area contributed by atoms with Crippen LogP contribution < -0.4 is 5.32 Å². The molecule has 8 nitrogen and oxygen atoms in total. The topological polar surface area (TPSA) is 113 Å². The molecule has 0 rings (SSSR count). The van der Waals surface area contributed by atoms with Crippen LogP contribution in [0.25, 0.3) is 0 Å². The van der Waals surface area contributed by atoms with Gasteiger partial charge in [0.15, 0.2) is 0 Å². The van der Waals surface area contributed by atoms with Crippen molar-refractivity contribution >= 4 is 23.9 Å². The fourth-order valence-electron chi connectivity index (χ4n) is 1.27. The van der Waals surface area contributed by atoms with Crippen molar-refractivity contribution in [3.63, 3.8) is 0 Å². The van der Waals surface area contributed by atoms with Gasteiger partial charge in [0.25, 0.3) is 0 Å². The van der Waals surface area contributed by atoms with Crippen LogP contribution in [0.2, 0.25) is 0 Å². The fraction of sp³-hybridized carbons (Fsp3) is 0.667. The number of carbonyl (C=O) groups is 4. The normalized spacial score (nSPS) is 9.70. The molecule has 0 radical (unpaired) electrons. The average Bonchev–Trinajstić information content (AvgIpc) is 2.35. The zero-order chi connectivity index (χ0) is 15.5. The maximum atomic E-state index is 11.5. The van der Waals surface area contributed by atoms with Gasteiger partial charge in [0.1, 0.15) is 0 Å². The Bertz CT molecular complexity index is 369. The predicted molar refractivity (Wildman–Crippen MR) is 68.9 cm³/mol. The first-order valence-electron chi connectivity index (χ1n) is 6.29. The van der Waals surface area contributed by atoms with E-state index in [1.807, 2.05) is 0 Å². The number of urea groups is 1. The second-order valence-corrected chi connectivity index (χ2v) is 4.08. The van der Waals surface area contributed by atoms with Crippen molar-refractivity contribution in [1.82, 2.24) is 10.2 Å². The lowest BCUT2D eigenvalue weighted by Crippen LogP contribution is -2.41. The van der Waals surface area contributed by atoms with Crippen molar-refractivity contribution in [2.45, 2.75) is 32.6 Å². The number of imide groups is 1. The number of amides is 3. The minimum atomic E-state index is -0.990. The monoisotopic (exact) mass is 288 g/mol. The highest BCUT2D eigenvalue weighted by Crippen LogP contribution is 1.97. The highest BCUT2D eigenvalue weighted by atomic mass is 16.5. The van der Waals surface area contributed by atoms with Gasteiger partial charge >= 0.3 is 18.0 Å². The summed E-state index contributed by atoms with van der Waals surface area (Å²) in [6.07, 6.45) is 0.0516. The van der Waals surface area contributed by atoms with E-state index in [0.29, 0.717) is 0 Å². The third-order valence-corrected chi connectivity index (χ3v) is 2.34. The first-order chi connectivity index (χ1) is 9.36. The number of rotatable bonds is 8. The summed E-state index contributed by atoms with van der Waals surface area (Å²) in [7, 11) is 1.44. The van der Waals surface area contributed by atoms with Crippen LogP contribution in [0.15, 0.2) is 0 Å². The summed E-state index contributed by atoms with van der Waals surface area (Å²) >= 11 is 0. The molecule has 0 aliphatic rings. The molecule has 0 bridgehead atoms. The Labute approximate surface area is 117 Å².